The van der Waals surface area contributed by atoms with E-state index in [4.69, 9.17) is 44.4 Å². The Morgan fingerprint density at radius 2 is 0.545 bits per heavy atom. The van der Waals surface area contributed by atoms with Crippen LogP contribution in [0.25, 0.3) is 0 Å². The largest absolute Gasteiger partial charge is 0.479 e. The molecule has 0 spiro atoms. The number of unbranched alkanes of at least 4 members (excludes halogenated alkanes) is 55. The number of rotatable bonds is 84. The zero-order valence-electron chi connectivity index (χ0n) is 95.6. The van der Waals surface area contributed by atoms with Crippen molar-refractivity contribution < 1.29 is 104 Å². The minimum atomic E-state index is -1.18. The van der Waals surface area contributed by atoms with E-state index in [2.05, 4.69) is 86.3 Å². The Balaban J connectivity index is -0.00000171. The summed E-state index contributed by atoms with van der Waals surface area (Å²) >= 11 is 0. The third-order valence-corrected chi connectivity index (χ3v) is 26.9. The van der Waals surface area contributed by atoms with Crippen molar-refractivity contribution in [1.82, 2.24) is 21.3 Å². The van der Waals surface area contributed by atoms with Crippen molar-refractivity contribution >= 4 is 23.7 Å². The van der Waals surface area contributed by atoms with Crippen LogP contribution in [0.3, 0.4) is 0 Å². The van der Waals surface area contributed by atoms with Gasteiger partial charge in [-0.2, -0.15) is 0 Å². The monoisotopic (exact) mass is 2070 g/mol. The van der Waals surface area contributed by atoms with Crippen LogP contribution in [0.1, 0.15) is 528 Å². The average molecular weight is 2070 g/mol. The Morgan fingerprint density at radius 1 is 0.310 bits per heavy atom. The molecule has 26 nitrogen and oxygen atoms in total. The second-order valence-electron chi connectivity index (χ2n) is 42.2. The topological polar surface area (TPSA) is 420 Å². The van der Waals surface area contributed by atoms with Gasteiger partial charge in [0.1, 0.15) is 30.6 Å². The second-order valence-corrected chi connectivity index (χ2v) is 42.2. The molecule has 3 rings (SSSR count). The van der Waals surface area contributed by atoms with Crippen LogP contribution >= 0.6 is 0 Å². The fraction of sp³-hybridized carbons (Fsp3) is 0.882. The molecule has 858 valence electrons. The molecule has 3 heterocycles. The van der Waals surface area contributed by atoms with Crippen LogP contribution in [0.2, 0.25) is 0 Å². The lowest BCUT2D eigenvalue weighted by atomic mass is 10.0. The van der Waals surface area contributed by atoms with Gasteiger partial charge >= 0.3 is 5.97 Å². The molecule has 3 saturated heterocycles. The molecular formula is C119H231N5O21. The molecule has 145 heavy (non-hydrogen) atoms. The summed E-state index contributed by atoms with van der Waals surface area (Å²) in [5.41, 5.74) is 6.05. The summed E-state index contributed by atoms with van der Waals surface area (Å²) < 4.78 is 34.9. The number of ether oxygens (including phenoxy) is 6. The van der Waals surface area contributed by atoms with Gasteiger partial charge in [0.25, 0.3) is 0 Å². The number of carboxylic acids is 1. The summed E-state index contributed by atoms with van der Waals surface area (Å²) in [5.74, 6) is -4.46. The van der Waals surface area contributed by atoms with Gasteiger partial charge in [-0.1, -0.05) is 451 Å². The van der Waals surface area contributed by atoms with E-state index in [1.165, 1.54) is 340 Å². The van der Waals surface area contributed by atoms with Crippen molar-refractivity contribution in [2.24, 2.45) is 5.73 Å². The van der Waals surface area contributed by atoms with Crippen molar-refractivity contribution in [3.63, 3.8) is 0 Å². The molecule has 0 bridgehead atoms. The van der Waals surface area contributed by atoms with Crippen LogP contribution in [0.4, 0.5) is 0 Å². The Labute approximate surface area is 886 Å². The van der Waals surface area contributed by atoms with Gasteiger partial charge in [-0.15, -0.1) is 0 Å². The summed E-state index contributed by atoms with van der Waals surface area (Å²) in [4.78, 5) is 45.0. The van der Waals surface area contributed by atoms with Crippen molar-refractivity contribution in [3.05, 3.63) is 60.8 Å². The summed E-state index contributed by atoms with van der Waals surface area (Å²) in [7, 11) is 0. The third-order valence-electron chi connectivity index (χ3n) is 26.9. The zero-order valence-corrected chi connectivity index (χ0v) is 95.6. The predicted octanol–water partition coefficient (Wildman–Crippen LogP) is 24.4. The van der Waals surface area contributed by atoms with Gasteiger partial charge < -0.3 is 106 Å². The van der Waals surface area contributed by atoms with E-state index in [-0.39, 0.29) is 62.0 Å². The number of nitrogens with two attached hydrogens (primary N) is 1. The number of aliphatic hydroxyl groups is 10. The third kappa shape index (κ3) is 87.9. The summed E-state index contributed by atoms with van der Waals surface area (Å²) in [6, 6.07) is -2.07. The Morgan fingerprint density at radius 3 is 0.800 bits per heavy atom. The van der Waals surface area contributed by atoms with Crippen LogP contribution in [0.15, 0.2) is 60.8 Å². The van der Waals surface area contributed by atoms with E-state index in [0.717, 1.165) is 44.9 Å². The zero-order chi connectivity index (χ0) is 109. The lowest BCUT2D eigenvalue weighted by Gasteiger charge is -2.41. The number of hydrogen-bond acceptors (Lipinski definition) is 22. The summed E-state index contributed by atoms with van der Waals surface area (Å²) in [6.07, 6.45) is 91.9. The van der Waals surface area contributed by atoms with Gasteiger partial charge in [-0.25, -0.2) is 4.79 Å². The van der Waals surface area contributed by atoms with E-state index in [1.807, 2.05) is 66.7 Å². The maximum atomic E-state index is 12.0. The van der Waals surface area contributed by atoms with E-state index >= 15 is 0 Å². The minimum absolute atomic E-state index is 0.0125. The lowest BCUT2D eigenvalue weighted by molar-refractivity contribution is -0.275. The number of carbonyl (C=O) groups excluding carboxylic acids is 3. The maximum absolute atomic E-state index is 12.0. The number of aliphatic carboxylic acids is 1. The van der Waals surface area contributed by atoms with Gasteiger partial charge in [-0.05, 0) is 138 Å². The normalized spacial score (nSPS) is 19.7. The van der Waals surface area contributed by atoms with E-state index < -0.39 is 96.2 Å². The first kappa shape index (κ1) is 145. The molecule has 0 saturated carbocycles. The molecule has 26 heteroatoms. The van der Waals surface area contributed by atoms with Gasteiger partial charge in [0, 0.05) is 0 Å². The maximum Gasteiger partial charge on any atom is 0.332 e. The second kappa shape index (κ2) is 100. The van der Waals surface area contributed by atoms with Crippen molar-refractivity contribution in [1.29, 1.82) is 0 Å². The molecular weight excluding hydrogens is 1840 g/mol. The molecule has 0 aromatic carbocycles. The Bertz CT molecular complexity index is 2970. The highest BCUT2D eigenvalue weighted by molar-refractivity contribution is 5.81. The van der Waals surface area contributed by atoms with Crippen LogP contribution in [0, 0.1) is 0 Å². The van der Waals surface area contributed by atoms with E-state index in [0.29, 0.717) is 45.5 Å². The number of allylic oxidation sites excluding steroid dienone is 5. The fourth-order valence-corrected chi connectivity index (χ4v) is 17.0. The molecule has 3 amide bonds. The number of carboxylic acid groups (broad SMARTS) is 1. The molecule has 0 aromatic rings. The highest BCUT2D eigenvalue weighted by atomic mass is 16.7. The molecule has 17 N–H and O–H groups in total. The van der Waals surface area contributed by atoms with Crippen LogP contribution in [-0.4, -0.2) is 228 Å². The highest BCUT2D eigenvalue weighted by Crippen LogP contribution is 2.29. The lowest BCUT2D eigenvalue weighted by Crippen LogP contribution is -2.58. The first-order valence-corrected chi connectivity index (χ1v) is 59.2. The molecule has 0 aliphatic carbocycles. The van der Waals surface area contributed by atoms with Gasteiger partial charge in [0.15, 0.2) is 23.5 Å². The summed E-state index contributed by atoms with van der Waals surface area (Å²) in [5, 5.41) is 114. The number of aliphatic hydroxyl groups excluding tert-OH is 10. The molecule has 0 radical (unpaired) electrons. The van der Waals surface area contributed by atoms with E-state index in [9.17, 15) is 65.1 Å². The Kier molecular flexibility index (Phi) is 100. The number of nitrogens with one attached hydrogen (secondary N) is 4. The smallest absolute Gasteiger partial charge is 0.332 e. The fourth-order valence-electron chi connectivity index (χ4n) is 17.0. The van der Waals surface area contributed by atoms with Gasteiger partial charge in [0.2, 0.25) is 17.7 Å². The number of amides is 3. The molecule has 16 atom stereocenters. The molecule has 1 unspecified atom stereocenters. The van der Waals surface area contributed by atoms with E-state index in [1.54, 1.807) is 39.8 Å². The van der Waals surface area contributed by atoms with Crippen molar-refractivity contribution in [2.45, 2.75) is 643 Å². The van der Waals surface area contributed by atoms with Crippen molar-refractivity contribution in [2.75, 3.05) is 33.0 Å². The average Bonchev–Trinajstić information content (AvgIpc) is 0.783. The Hall–Kier alpha value is -4.14. The molecule has 0 aromatic heterocycles. The highest BCUT2D eigenvalue weighted by Gasteiger charge is 2.39. The molecule has 3 fully saturated rings. The first-order valence-electron chi connectivity index (χ1n) is 59.2. The van der Waals surface area contributed by atoms with Gasteiger partial charge in [0.05, 0.1) is 93.8 Å². The number of carbonyl (C=O) groups is 4. The van der Waals surface area contributed by atoms with Crippen LogP contribution in [0.5, 0.6) is 0 Å². The van der Waals surface area contributed by atoms with Crippen LogP contribution < -0.4 is 27.0 Å². The quantitative estimate of drug-likeness (QED) is 0.0153. The SMILES string of the molecule is CCC(O)C(=O)O.CCCCCCCCCCCCCC=C[C@@H](O)[C@H](CO)NC(=O)[C@@H](O)CC.CCCCCCCCCCCCCC=C[C@@H](O)[C@H](CO)NC(=O)[C@H](O)CC.CCCCCCCCCCCCCC=C[C@H]1OC(C)(C)OC[C@@H]1N.CCCCCCCCCCCCCC=C[C@H]1OC(C)(C)OC[C@@H]1NC(=O)[C@H](O)CC.CCCCCCCCCCCCCC=C[C@H]1OC(C)(C)OC[C@@H]1N[C@H](O)[C@@H](O)CC. The summed E-state index contributed by atoms with van der Waals surface area (Å²) in [6.45, 7) is 32.1. The van der Waals surface area contributed by atoms with Gasteiger partial charge in [-0.3, -0.25) is 19.7 Å². The van der Waals surface area contributed by atoms with Crippen molar-refractivity contribution in [3.8, 4) is 0 Å². The number of hydrogen-bond donors (Lipinski definition) is 16. The standard InChI is InChI=1S/C25H49NO4.C25H47NO4.2C22H43NO4.C21H41NO2.C4H8O3/c2*1-5-7-8-9-10-11-12-13-14-15-16-17-18-19-23-21(20-29-25(3,4)30-23)26-24(28)22(27)6-2;2*1-3-5-6-7-8-9-10-11-12-13-14-15-16-17-21(26)19(18-24)23-22(27)20(25)4-2;1-4-5-6-7-8-9-10-11-12-13-14-15-16-17-20-19(22)18-23-21(2,3)24-20;1-2-3(5)4(6)7/h18-19,21-24,26-28H,5-17,20H2,1-4H3;18-19,21-23,27H,5-17,20H2,1-4H3,(H,26,28);2*16-17,19-21,24-26H,3-15,18H2,1-2H3,(H,23,27);16-17,19-20H,4-15,18,22H2,1-3H3;3,5H,2H2,1H3,(H,6,7)/t21-,22-,23+,24+;21-,22+,23+;19-,20+,21+;19-,20-,21+;19-,20+;/m00000./s1. The molecule has 3 aliphatic rings. The first-order chi connectivity index (χ1) is 69.6. The molecule has 3 aliphatic heterocycles. The predicted molar refractivity (Wildman–Crippen MR) is 598 cm³/mol. The minimum Gasteiger partial charge on any atom is -0.479 e. The van der Waals surface area contributed by atoms with Crippen LogP contribution in [-0.2, 0) is 47.6 Å².